The number of carbonyl (C=O) groups excluding carboxylic acids is 1. The normalized spacial score (nSPS) is 15.4. The molecule has 7 nitrogen and oxygen atoms in total. The SMILES string of the molecule is COc1ccc(S(=O)(=O)N2CCCCC2)cc1NC(=O)CN(C)Cc1cccs1. The molecule has 0 aliphatic carbocycles. The molecule has 1 fully saturated rings. The number of piperidine rings is 1. The molecule has 2 aromatic rings. The summed E-state index contributed by atoms with van der Waals surface area (Å²) >= 11 is 1.64. The van der Waals surface area contributed by atoms with Crippen LogP contribution in [0.15, 0.2) is 40.6 Å². The van der Waals surface area contributed by atoms with Crippen LogP contribution >= 0.6 is 11.3 Å². The first-order valence-electron chi connectivity index (χ1n) is 9.59. The van der Waals surface area contributed by atoms with Gasteiger partial charge in [0.2, 0.25) is 15.9 Å². The Hall–Kier alpha value is -1.94. The van der Waals surface area contributed by atoms with E-state index >= 15 is 0 Å². The molecule has 0 atom stereocenters. The highest BCUT2D eigenvalue weighted by Gasteiger charge is 2.27. The van der Waals surface area contributed by atoms with E-state index < -0.39 is 10.0 Å². The highest BCUT2D eigenvalue weighted by Crippen LogP contribution is 2.30. The Morgan fingerprint density at radius 2 is 2.00 bits per heavy atom. The lowest BCUT2D eigenvalue weighted by Crippen LogP contribution is -2.35. The van der Waals surface area contributed by atoms with Gasteiger partial charge < -0.3 is 10.1 Å². The zero-order valence-corrected chi connectivity index (χ0v) is 18.4. The number of hydrogen-bond acceptors (Lipinski definition) is 6. The highest BCUT2D eigenvalue weighted by atomic mass is 32.2. The number of amides is 1. The molecule has 1 aromatic carbocycles. The van der Waals surface area contributed by atoms with Gasteiger partial charge in [-0.25, -0.2) is 8.42 Å². The number of anilines is 1. The maximum Gasteiger partial charge on any atom is 0.243 e. The number of thiophene rings is 1. The van der Waals surface area contributed by atoms with E-state index in [1.165, 1.54) is 28.4 Å². The van der Waals surface area contributed by atoms with Gasteiger partial charge in [0.25, 0.3) is 0 Å². The molecule has 1 saturated heterocycles. The van der Waals surface area contributed by atoms with Crippen molar-refractivity contribution < 1.29 is 17.9 Å². The summed E-state index contributed by atoms with van der Waals surface area (Å²) in [6.45, 7) is 1.92. The van der Waals surface area contributed by atoms with Crippen LogP contribution in [0.25, 0.3) is 0 Å². The van der Waals surface area contributed by atoms with E-state index in [9.17, 15) is 13.2 Å². The smallest absolute Gasteiger partial charge is 0.243 e. The second kappa shape index (κ2) is 9.71. The molecule has 1 aliphatic heterocycles. The fourth-order valence-electron chi connectivity index (χ4n) is 3.36. The number of nitrogens with zero attached hydrogens (tertiary/aromatic N) is 2. The third kappa shape index (κ3) is 5.57. The van der Waals surface area contributed by atoms with E-state index in [2.05, 4.69) is 5.32 Å². The van der Waals surface area contributed by atoms with Gasteiger partial charge in [0.15, 0.2) is 0 Å². The summed E-state index contributed by atoms with van der Waals surface area (Å²) in [4.78, 5) is 15.8. The van der Waals surface area contributed by atoms with Crippen LogP contribution in [-0.4, -0.2) is 57.3 Å². The van der Waals surface area contributed by atoms with Gasteiger partial charge in [-0.2, -0.15) is 4.31 Å². The first-order valence-corrected chi connectivity index (χ1v) is 11.9. The van der Waals surface area contributed by atoms with Crippen LogP contribution in [0.5, 0.6) is 5.75 Å². The number of hydrogen-bond donors (Lipinski definition) is 1. The van der Waals surface area contributed by atoms with Crippen LogP contribution in [0.4, 0.5) is 5.69 Å². The Morgan fingerprint density at radius 1 is 1.24 bits per heavy atom. The molecule has 1 aromatic heterocycles. The van der Waals surface area contributed by atoms with E-state index in [1.54, 1.807) is 17.4 Å². The molecule has 0 bridgehead atoms. The van der Waals surface area contributed by atoms with Gasteiger partial charge in [0, 0.05) is 24.5 Å². The Balaban J connectivity index is 1.72. The van der Waals surface area contributed by atoms with Crippen molar-refractivity contribution in [1.82, 2.24) is 9.21 Å². The third-order valence-electron chi connectivity index (χ3n) is 4.82. The summed E-state index contributed by atoms with van der Waals surface area (Å²) in [5.41, 5.74) is 0.361. The van der Waals surface area contributed by atoms with E-state index in [-0.39, 0.29) is 17.3 Å². The van der Waals surface area contributed by atoms with Crippen molar-refractivity contribution >= 4 is 33.0 Å². The predicted octanol–water partition coefficient (Wildman–Crippen LogP) is 3.00. The predicted molar refractivity (Wildman–Crippen MR) is 115 cm³/mol. The number of nitrogens with one attached hydrogen (secondary N) is 1. The Bertz CT molecular complexity index is 923. The van der Waals surface area contributed by atoms with Gasteiger partial charge >= 0.3 is 0 Å². The highest BCUT2D eigenvalue weighted by molar-refractivity contribution is 7.89. The second-order valence-electron chi connectivity index (χ2n) is 7.13. The molecule has 1 amide bonds. The molecule has 0 saturated carbocycles. The van der Waals surface area contributed by atoms with E-state index in [4.69, 9.17) is 4.74 Å². The van der Waals surface area contributed by atoms with Crippen molar-refractivity contribution in [3.63, 3.8) is 0 Å². The summed E-state index contributed by atoms with van der Waals surface area (Å²) in [5, 5.41) is 4.80. The molecule has 2 heterocycles. The van der Waals surface area contributed by atoms with Crippen molar-refractivity contribution in [1.29, 1.82) is 0 Å². The minimum absolute atomic E-state index is 0.169. The quantitative estimate of drug-likeness (QED) is 0.687. The Labute approximate surface area is 176 Å². The second-order valence-corrected chi connectivity index (χ2v) is 10.1. The fraction of sp³-hybridized carbons (Fsp3) is 0.450. The molecule has 158 valence electrons. The van der Waals surface area contributed by atoms with Crippen molar-refractivity contribution in [3.05, 3.63) is 40.6 Å². The topological polar surface area (TPSA) is 79.0 Å². The van der Waals surface area contributed by atoms with E-state index in [1.807, 2.05) is 29.5 Å². The monoisotopic (exact) mass is 437 g/mol. The lowest BCUT2D eigenvalue weighted by molar-refractivity contribution is -0.117. The van der Waals surface area contributed by atoms with Crippen LogP contribution in [0.1, 0.15) is 24.1 Å². The number of ether oxygens (including phenoxy) is 1. The first-order chi connectivity index (χ1) is 13.9. The lowest BCUT2D eigenvalue weighted by Gasteiger charge is -2.26. The number of carbonyl (C=O) groups is 1. The van der Waals surface area contributed by atoms with Crippen LogP contribution in [-0.2, 0) is 21.4 Å². The van der Waals surface area contributed by atoms with Crippen LogP contribution in [0.3, 0.4) is 0 Å². The minimum Gasteiger partial charge on any atom is -0.495 e. The Morgan fingerprint density at radius 3 is 2.66 bits per heavy atom. The summed E-state index contributed by atoms with van der Waals surface area (Å²) < 4.78 is 32.7. The summed E-state index contributed by atoms with van der Waals surface area (Å²) in [5.74, 6) is 0.201. The molecular formula is C20H27N3O4S2. The van der Waals surface area contributed by atoms with Gasteiger partial charge in [0.05, 0.1) is 24.2 Å². The molecule has 29 heavy (non-hydrogen) atoms. The molecule has 1 N–H and O–H groups in total. The summed E-state index contributed by atoms with van der Waals surface area (Å²) in [6, 6.07) is 8.60. The lowest BCUT2D eigenvalue weighted by atomic mass is 10.2. The number of rotatable bonds is 8. The minimum atomic E-state index is -3.59. The molecule has 0 spiro atoms. The molecule has 0 radical (unpaired) electrons. The average molecular weight is 438 g/mol. The number of methoxy groups -OCH3 is 1. The van der Waals surface area contributed by atoms with Crippen LogP contribution in [0.2, 0.25) is 0 Å². The number of likely N-dealkylation sites (N-methyl/N-ethyl adjacent to an activating group) is 1. The van der Waals surface area contributed by atoms with Gasteiger partial charge in [-0.3, -0.25) is 9.69 Å². The molecule has 3 rings (SSSR count). The summed E-state index contributed by atoms with van der Waals surface area (Å²) in [6.07, 6.45) is 2.79. The van der Waals surface area contributed by atoms with Crippen molar-refractivity contribution in [2.45, 2.75) is 30.7 Å². The maximum absolute atomic E-state index is 12.9. The largest absolute Gasteiger partial charge is 0.495 e. The van der Waals surface area contributed by atoms with Gasteiger partial charge in [-0.15, -0.1) is 11.3 Å². The van der Waals surface area contributed by atoms with Crippen molar-refractivity contribution in [2.75, 3.05) is 39.1 Å². The van der Waals surface area contributed by atoms with E-state index in [0.717, 1.165) is 19.3 Å². The average Bonchev–Trinajstić information content (AvgIpc) is 3.21. The Kier molecular flexibility index (Phi) is 7.28. The molecule has 1 aliphatic rings. The first kappa shape index (κ1) is 21.8. The van der Waals surface area contributed by atoms with Gasteiger partial charge in [0.1, 0.15) is 5.75 Å². The number of benzene rings is 1. The third-order valence-corrected chi connectivity index (χ3v) is 7.57. The van der Waals surface area contributed by atoms with Gasteiger partial charge in [-0.1, -0.05) is 12.5 Å². The van der Waals surface area contributed by atoms with Crippen molar-refractivity contribution in [3.8, 4) is 5.75 Å². The van der Waals surface area contributed by atoms with Crippen molar-refractivity contribution in [2.24, 2.45) is 0 Å². The fourth-order valence-corrected chi connectivity index (χ4v) is 5.69. The molecule has 0 unspecified atom stereocenters. The number of sulfonamides is 1. The molecular weight excluding hydrogens is 410 g/mol. The molecule has 9 heteroatoms. The van der Waals surface area contributed by atoms with E-state index in [0.29, 0.717) is 31.1 Å². The standard InChI is InChI=1S/C20H27N3O4S2/c1-22(14-16-7-6-12-28-16)15-20(24)21-18-13-17(8-9-19(18)27-2)29(25,26)23-10-4-3-5-11-23/h6-9,12-13H,3-5,10-11,14-15H2,1-2H3,(H,21,24). The van der Waals surface area contributed by atoms with Gasteiger partial charge in [-0.05, 0) is 49.5 Å². The summed E-state index contributed by atoms with van der Waals surface area (Å²) in [7, 11) is -0.224. The van der Waals surface area contributed by atoms with Crippen LogP contribution < -0.4 is 10.1 Å². The maximum atomic E-state index is 12.9. The van der Waals surface area contributed by atoms with Crippen LogP contribution in [0, 0.1) is 0 Å². The zero-order chi connectivity index (χ0) is 20.9. The zero-order valence-electron chi connectivity index (χ0n) is 16.8.